The molecule has 0 radical (unpaired) electrons. The summed E-state index contributed by atoms with van der Waals surface area (Å²) in [4.78, 5) is 24.2. The zero-order chi connectivity index (χ0) is 15.6. The number of aryl methyl sites for hydroxylation is 1. The van der Waals surface area contributed by atoms with Crippen LogP contribution in [-0.2, 0) is 11.2 Å². The highest BCUT2D eigenvalue weighted by atomic mass is 16.5. The first-order chi connectivity index (χ1) is 9.93. The SMILES string of the molecule is CCc1c(C)[nH]n(-c2cccc(C(=O)OC(C)C)c2)c1=O. The fourth-order valence-corrected chi connectivity index (χ4v) is 2.23. The number of esters is 1. The van der Waals surface area contributed by atoms with Gasteiger partial charge in [0.2, 0.25) is 0 Å². The molecule has 2 aromatic rings. The molecule has 0 fully saturated rings. The van der Waals surface area contributed by atoms with Gasteiger partial charge >= 0.3 is 5.97 Å². The Hall–Kier alpha value is -2.30. The topological polar surface area (TPSA) is 64.1 Å². The third-order valence-corrected chi connectivity index (χ3v) is 3.23. The molecule has 1 aromatic carbocycles. The first-order valence-electron chi connectivity index (χ1n) is 7.06. The maximum atomic E-state index is 12.3. The molecule has 2 rings (SSSR count). The Bertz CT molecular complexity index is 711. The second-order valence-electron chi connectivity index (χ2n) is 5.21. The smallest absolute Gasteiger partial charge is 0.338 e. The van der Waals surface area contributed by atoms with Gasteiger partial charge in [0.05, 0.1) is 17.4 Å². The quantitative estimate of drug-likeness (QED) is 0.880. The normalized spacial score (nSPS) is 10.9. The summed E-state index contributed by atoms with van der Waals surface area (Å²) in [5.74, 6) is -0.390. The Kier molecular flexibility index (Phi) is 4.31. The van der Waals surface area contributed by atoms with Crippen LogP contribution >= 0.6 is 0 Å². The molecule has 0 aliphatic carbocycles. The Morgan fingerprint density at radius 3 is 2.67 bits per heavy atom. The fourth-order valence-electron chi connectivity index (χ4n) is 2.23. The third-order valence-electron chi connectivity index (χ3n) is 3.23. The van der Waals surface area contributed by atoms with E-state index in [0.29, 0.717) is 17.7 Å². The van der Waals surface area contributed by atoms with Crippen molar-refractivity contribution in [1.29, 1.82) is 0 Å². The van der Waals surface area contributed by atoms with Crippen molar-refractivity contribution < 1.29 is 9.53 Å². The average Bonchev–Trinajstić information content (AvgIpc) is 2.73. The van der Waals surface area contributed by atoms with Crippen molar-refractivity contribution in [2.75, 3.05) is 0 Å². The number of H-pyrrole nitrogens is 1. The molecule has 0 aliphatic heterocycles. The third kappa shape index (κ3) is 3.07. The molecular weight excluding hydrogens is 268 g/mol. The summed E-state index contributed by atoms with van der Waals surface area (Å²) in [6.45, 7) is 7.41. The maximum absolute atomic E-state index is 12.3. The molecule has 0 unspecified atom stereocenters. The first-order valence-corrected chi connectivity index (χ1v) is 7.06. The minimum atomic E-state index is -0.390. The second-order valence-corrected chi connectivity index (χ2v) is 5.21. The van der Waals surface area contributed by atoms with Gasteiger partial charge < -0.3 is 4.74 Å². The monoisotopic (exact) mass is 288 g/mol. The van der Waals surface area contributed by atoms with Crippen LogP contribution in [0, 0.1) is 6.92 Å². The number of hydrogen-bond donors (Lipinski definition) is 1. The van der Waals surface area contributed by atoms with Crippen molar-refractivity contribution in [2.24, 2.45) is 0 Å². The van der Waals surface area contributed by atoms with Gasteiger partial charge in [-0.1, -0.05) is 13.0 Å². The molecule has 0 saturated carbocycles. The molecule has 0 amide bonds. The van der Waals surface area contributed by atoms with Crippen LogP contribution in [0.1, 0.15) is 42.4 Å². The van der Waals surface area contributed by atoms with Crippen LogP contribution in [0.4, 0.5) is 0 Å². The van der Waals surface area contributed by atoms with Crippen molar-refractivity contribution in [3.8, 4) is 5.69 Å². The van der Waals surface area contributed by atoms with Crippen molar-refractivity contribution in [3.63, 3.8) is 0 Å². The van der Waals surface area contributed by atoms with Gasteiger partial charge in [-0.25, -0.2) is 9.48 Å². The minimum absolute atomic E-state index is 0.0793. The molecular formula is C16H20N2O3. The lowest BCUT2D eigenvalue weighted by Gasteiger charge is -2.09. The lowest BCUT2D eigenvalue weighted by atomic mass is 10.2. The van der Waals surface area contributed by atoms with E-state index >= 15 is 0 Å². The number of ether oxygens (including phenoxy) is 1. The van der Waals surface area contributed by atoms with Crippen LogP contribution in [0.5, 0.6) is 0 Å². The zero-order valence-electron chi connectivity index (χ0n) is 12.8. The summed E-state index contributed by atoms with van der Waals surface area (Å²) in [5, 5.41) is 3.04. The average molecular weight is 288 g/mol. The summed E-state index contributed by atoms with van der Waals surface area (Å²) in [5.41, 5.74) is 2.58. The summed E-state index contributed by atoms with van der Waals surface area (Å²) >= 11 is 0. The van der Waals surface area contributed by atoms with Gasteiger partial charge in [0.15, 0.2) is 0 Å². The number of carbonyl (C=O) groups is 1. The lowest BCUT2D eigenvalue weighted by molar-refractivity contribution is 0.0378. The Labute approximate surface area is 123 Å². The van der Waals surface area contributed by atoms with Gasteiger partial charge in [-0.15, -0.1) is 0 Å². The lowest BCUT2D eigenvalue weighted by Crippen LogP contribution is -2.18. The van der Waals surface area contributed by atoms with E-state index < -0.39 is 0 Å². The summed E-state index contributed by atoms with van der Waals surface area (Å²) in [7, 11) is 0. The number of nitrogens with zero attached hydrogens (tertiary/aromatic N) is 1. The zero-order valence-corrected chi connectivity index (χ0v) is 12.8. The standard InChI is InChI=1S/C16H20N2O3/c1-5-14-11(4)17-18(15(14)19)13-8-6-7-12(9-13)16(20)21-10(2)3/h6-10,17H,5H2,1-4H3. The highest BCUT2D eigenvalue weighted by molar-refractivity contribution is 5.90. The number of rotatable bonds is 4. The summed E-state index contributed by atoms with van der Waals surface area (Å²) in [6.07, 6.45) is 0.492. The number of aromatic nitrogens is 2. The Morgan fingerprint density at radius 2 is 2.10 bits per heavy atom. The van der Waals surface area contributed by atoms with E-state index in [4.69, 9.17) is 4.74 Å². The van der Waals surface area contributed by atoms with Crippen molar-refractivity contribution in [2.45, 2.75) is 40.2 Å². The van der Waals surface area contributed by atoms with Crippen LogP contribution in [0.2, 0.25) is 0 Å². The van der Waals surface area contributed by atoms with Gasteiger partial charge in [0.1, 0.15) is 0 Å². The summed E-state index contributed by atoms with van der Waals surface area (Å²) in [6, 6.07) is 6.85. The molecule has 0 atom stereocenters. The number of aromatic amines is 1. The second kappa shape index (κ2) is 5.99. The fraction of sp³-hybridized carbons (Fsp3) is 0.375. The predicted molar refractivity (Wildman–Crippen MR) is 81.1 cm³/mol. The molecule has 5 heteroatoms. The largest absolute Gasteiger partial charge is 0.459 e. The molecule has 5 nitrogen and oxygen atoms in total. The molecule has 112 valence electrons. The number of nitrogens with one attached hydrogen (secondary N) is 1. The van der Waals surface area contributed by atoms with E-state index in [0.717, 1.165) is 11.3 Å². The van der Waals surface area contributed by atoms with E-state index in [1.54, 1.807) is 38.1 Å². The van der Waals surface area contributed by atoms with Gasteiger partial charge in [-0.2, -0.15) is 0 Å². The highest BCUT2D eigenvalue weighted by Crippen LogP contribution is 2.12. The first kappa shape index (κ1) is 15.1. The van der Waals surface area contributed by atoms with Crippen LogP contribution in [0.15, 0.2) is 29.1 Å². The Morgan fingerprint density at radius 1 is 1.38 bits per heavy atom. The van der Waals surface area contributed by atoms with E-state index in [9.17, 15) is 9.59 Å². The number of benzene rings is 1. The van der Waals surface area contributed by atoms with Crippen LogP contribution in [-0.4, -0.2) is 21.9 Å². The van der Waals surface area contributed by atoms with Crippen LogP contribution in [0.3, 0.4) is 0 Å². The van der Waals surface area contributed by atoms with E-state index in [1.807, 2.05) is 13.8 Å². The van der Waals surface area contributed by atoms with Gasteiger partial charge in [-0.3, -0.25) is 9.89 Å². The van der Waals surface area contributed by atoms with Crippen molar-refractivity contribution >= 4 is 5.97 Å². The molecule has 0 aliphatic rings. The Balaban J connectivity index is 2.43. The number of hydrogen-bond acceptors (Lipinski definition) is 3. The molecule has 1 N–H and O–H groups in total. The molecule has 21 heavy (non-hydrogen) atoms. The van der Waals surface area contributed by atoms with Gasteiger partial charge in [0, 0.05) is 11.3 Å². The molecule has 1 heterocycles. The highest BCUT2D eigenvalue weighted by Gasteiger charge is 2.13. The van der Waals surface area contributed by atoms with Gasteiger partial charge in [0.25, 0.3) is 5.56 Å². The van der Waals surface area contributed by atoms with E-state index in [-0.39, 0.29) is 17.6 Å². The van der Waals surface area contributed by atoms with Crippen molar-refractivity contribution in [3.05, 3.63) is 51.4 Å². The van der Waals surface area contributed by atoms with Crippen LogP contribution < -0.4 is 5.56 Å². The van der Waals surface area contributed by atoms with Crippen molar-refractivity contribution in [1.82, 2.24) is 9.78 Å². The molecule has 0 spiro atoms. The predicted octanol–water partition coefficient (Wildman–Crippen LogP) is 2.60. The molecule has 0 bridgehead atoms. The molecule has 0 saturated heterocycles. The molecule has 1 aromatic heterocycles. The minimum Gasteiger partial charge on any atom is -0.459 e. The summed E-state index contributed by atoms with van der Waals surface area (Å²) < 4.78 is 6.63. The maximum Gasteiger partial charge on any atom is 0.338 e. The van der Waals surface area contributed by atoms with E-state index in [2.05, 4.69) is 5.10 Å². The van der Waals surface area contributed by atoms with Gasteiger partial charge in [-0.05, 0) is 45.4 Å². The van der Waals surface area contributed by atoms with Crippen LogP contribution in [0.25, 0.3) is 5.69 Å². The number of carbonyl (C=O) groups excluding carboxylic acids is 1. The van der Waals surface area contributed by atoms with E-state index in [1.165, 1.54) is 4.68 Å².